The molecule has 0 aliphatic carbocycles. The molecule has 1 aliphatic heterocycles. The summed E-state index contributed by atoms with van der Waals surface area (Å²) in [5.74, 6) is -0.00380. The molecule has 1 fully saturated rings. The molecule has 1 aromatic rings. The van der Waals surface area contributed by atoms with Crippen LogP contribution in [0, 0.1) is 6.92 Å². The Hall–Kier alpha value is -0.870. The number of hydrogen-bond acceptors (Lipinski definition) is 2. The molecule has 0 atom stereocenters. The predicted molar refractivity (Wildman–Crippen MR) is 60.8 cm³/mol. The minimum Gasteiger partial charge on any atom is -0.389 e. The molecule has 1 saturated heterocycles. The van der Waals surface area contributed by atoms with Gasteiger partial charge in [-0.1, -0.05) is 15.9 Å². The highest BCUT2D eigenvalue weighted by Gasteiger charge is 2.29. The molecule has 1 amide bonds. The molecule has 1 N–H and O–H groups in total. The van der Waals surface area contributed by atoms with Crippen LogP contribution in [0.4, 0.5) is 0 Å². The van der Waals surface area contributed by atoms with E-state index in [2.05, 4.69) is 15.9 Å². The topological polar surface area (TPSA) is 40.5 Å². The third-order valence-electron chi connectivity index (χ3n) is 2.55. The zero-order valence-electron chi connectivity index (χ0n) is 8.40. The van der Waals surface area contributed by atoms with E-state index in [1.165, 1.54) is 0 Å². The monoisotopic (exact) mass is 269 g/mol. The lowest BCUT2D eigenvalue weighted by molar-refractivity contribution is 0.00589. The first-order valence-corrected chi connectivity index (χ1v) is 5.60. The molecule has 0 aromatic heterocycles. The second-order valence-corrected chi connectivity index (χ2v) is 4.68. The van der Waals surface area contributed by atoms with Gasteiger partial charge in [-0.2, -0.15) is 0 Å². The molecule has 0 radical (unpaired) electrons. The Bertz CT molecular complexity index is 400. The van der Waals surface area contributed by atoms with Crippen LogP contribution >= 0.6 is 15.9 Å². The summed E-state index contributed by atoms with van der Waals surface area (Å²) in [6.45, 7) is 2.85. The van der Waals surface area contributed by atoms with Gasteiger partial charge in [0.25, 0.3) is 5.91 Å². The fourth-order valence-corrected chi connectivity index (χ4v) is 1.83. The molecule has 1 aliphatic rings. The molecule has 15 heavy (non-hydrogen) atoms. The van der Waals surface area contributed by atoms with E-state index >= 15 is 0 Å². The van der Waals surface area contributed by atoms with E-state index in [4.69, 9.17) is 5.11 Å². The van der Waals surface area contributed by atoms with E-state index in [-0.39, 0.29) is 12.0 Å². The van der Waals surface area contributed by atoms with Crippen LogP contribution in [0.25, 0.3) is 0 Å². The molecule has 1 heterocycles. The van der Waals surface area contributed by atoms with Crippen LogP contribution in [0.3, 0.4) is 0 Å². The van der Waals surface area contributed by atoms with Crippen molar-refractivity contribution in [1.82, 2.24) is 4.90 Å². The zero-order chi connectivity index (χ0) is 11.0. The summed E-state index contributed by atoms with van der Waals surface area (Å²) in [5.41, 5.74) is 1.73. The van der Waals surface area contributed by atoms with Gasteiger partial charge < -0.3 is 10.0 Å². The maximum Gasteiger partial charge on any atom is 0.254 e. The maximum absolute atomic E-state index is 11.8. The van der Waals surface area contributed by atoms with Crippen LogP contribution < -0.4 is 0 Å². The lowest BCUT2D eigenvalue weighted by atomic mass is 10.1. The Labute approximate surface area is 96.8 Å². The molecular weight excluding hydrogens is 258 g/mol. The molecule has 2 rings (SSSR count). The van der Waals surface area contributed by atoms with Gasteiger partial charge in [0.05, 0.1) is 6.10 Å². The largest absolute Gasteiger partial charge is 0.389 e. The summed E-state index contributed by atoms with van der Waals surface area (Å²) in [6.07, 6.45) is -0.342. The minimum atomic E-state index is -0.342. The molecule has 3 nitrogen and oxygen atoms in total. The number of aliphatic hydroxyl groups is 1. The predicted octanol–water partition coefficient (Wildman–Crippen LogP) is 1.57. The molecule has 1 aromatic carbocycles. The van der Waals surface area contributed by atoms with Gasteiger partial charge in [0.2, 0.25) is 0 Å². The summed E-state index contributed by atoms with van der Waals surface area (Å²) in [5, 5.41) is 9.11. The van der Waals surface area contributed by atoms with Crippen molar-refractivity contribution in [3.8, 4) is 0 Å². The lowest BCUT2D eigenvalue weighted by Gasteiger charge is -2.35. The van der Waals surface area contributed by atoms with E-state index in [0.29, 0.717) is 18.7 Å². The summed E-state index contributed by atoms with van der Waals surface area (Å²) in [4.78, 5) is 13.5. The van der Waals surface area contributed by atoms with Gasteiger partial charge in [-0.3, -0.25) is 4.79 Å². The first kappa shape index (κ1) is 10.6. The minimum absolute atomic E-state index is 0.00380. The number of halogens is 1. The van der Waals surface area contributed by atoms with Crippen molar-refractivity contribution in [2.24, 2.45) is 0 Å². The SMILES string of the molecule is Cc1cc(C(=O)N2CC(O)C2)ccc1Br. The fourth-order valence-electron chi connectivity index (χ4n) is 1.58. The van der Waals surface area contributed by atoms with Crippen LogP contribution in [0.5, 0.6) is 0 Å². The zero-order valence-corrected chi connectivity index (χ0v) is 9.99. The lowest BCUT2D eigenvalue weighted by Crippen LogP contribution is -2.53. The number of benzene rings is 1. The summed E-state index contributed by atoms with van der Waals surface area (Å²) >= 11 is 3.39. The van der Waals surface area contributed by atoms with Gasteiger partial charge in [0.1, 0.15) is 0 Å². The Morgan fingerprint density at radius 3 is 2.73 bits per heavy atom. The Morgan fingerprint density at radius 2 is 2.20 bits per heavy atom. The highest BCUT2D eigenvalue weighted by atomic mass is 79.9. The molecule has 0 bridgehead atoms. The first-order valence-electron chi connectivity index (χ1n) is 4.81. The average molecular weight is 270 g/mol. The summed E-state index contributed by atoms with van der Waals surface area (Å²) in [6, 6.07) is 5.53. The van der Waals surface area contributed by atoms with E-state index in [0.717, 1.165) is 10.0 Å². The molecule has 0 saturated carbocycles. The average Bonchev–Trinajstić information content (AvgIpc) is 2.16. The van der Waals surface area contributed by atoms with Gasteiger partial charge in [-0.15, -0.1) is 0 Å². The van der Waals surface area contributed by atoms with E-state index in [1.54, 1.807) is 11.0 Å². The number of amides is 1. The van der Waals surface area contributed by atoms with Gasteiger partial charge in [-0.25, -0.2) is 0 Å². The summed E-state index contributed by atoms with van der Waals surface area (Å²) in [7, 11) is 0. The number of likely N-dealkylation sites (tertiary alicyclic amines) is 1. The number of carbonyl (C=O) groups excluding carboxylic acids is 1. The van der Waals surface area contributed by atoms with E-state index in [1.807, 2.05) is 19.1 Å². The second-order valence-electron chi connectivity index (χ2n) is 3.83. The molecule has 4 heteroatoms. The van der Waals surface area contributed by atoms with E-state index < -0.39 is 0 Å². The van der Waals surface area contributed by atoms with Crippen LogP contribution in [-0.2, 0) is 0 Å². The smallest absolute Gasteiger partial charge is 0.254 e. The highest BCUT2D eigenvalue weighted by molar-refractivity contribution is 9.10. The third kappa shape index (κ3) is 2.06. The Morgan fingerprint density at radius 1 is 1.53 bits per heavy atom. The Kier molecular flexibility index (Phi) is 2.80. The standard InChI is InChI=1S/C11H12BrNO2/c1-7-4-8(2-3-10(7)12)11(15)13-5-9(14)6-13/h2-4,9,14H,5-6H2,1H3. The van der Waals surface area contributed by atoms with Gasteiger partial charge in [0, 0.05) is 23.1 Å². The number of aryl methyl sites for hydroxylation is 1. The van der Waals surface area contributed by atoms with Crippen molar-refractivity contribution in [3.63, 3.8) is 0 Å². The molecule has 0 spiro atoms. The number of aliphatic hydroxyl groups excluding tert-OH is 1. The van der Waals surface area contributed by atoms with Crippen LogP contribution in [-0.4, -0.2) is 35.1 Å². The number of nitrogens with zero attached hydrogens (tertiary/aromatic N) is 1. The van der Waals surface area contributed by atoms with Gasteiger partial charge >= 0.3 is 0 Å². The number of hydrogen-bond donors (Lipinski definition) is 1. The van der Waals surface area contributed by atoms with Crippen LogP contribution in [0.2, 0.25) is 0 Å². The maximum atomic E-state index is 11.8. The quantitative estimate of drug-likeness (QED) is 0.841. The Balaban J connectivity index is 2.16. The number of rotatable bonds is 1. The van der Waals surface area contributed by atoms with Crippen LogP contribution in [0.1, 0.15) is 15.9 Å². The van der Waals surface area contributed by atoms with Crippen molar-refractivity contribution in [1.29, 1.82) is 0 Å². The van der Waals surface area contributed by atoms with Crippen LogP contribution in [0.15, 0.2) is 22.7 Å². The molecular formula is C11H12BrNO2. The number of β-amino-alcohol motifs (C(OH)–C–C–N with tert-alkyl or cyclic N) is 1. The van der Waals surface area contributed by atoms with Crippen molar-refractivity contribution >= 4 is 21.8 Å². The van der Waals surface area contributed by atoms with E-state index in [9.17, 15) is 4.79 Å². The van der Waals surface area contributed by atoms with Crippen molar-refractivity contribution in [2.45, 2.75) is 13.0 Å². The third-order valence-corrected chi connectivity index (χ3v) is 3.44. The fraction of sp³-hybridized carbons (Fsp3) is 0.364. The second kappa shape index (κ2) is 3.94. The van der Waals surface area contributed by atoms with Crippen molar-refractivity contribution in [2.75, 3.05) is 13.1 Å². The van der Waals surface area contributed by atoms with Crippen molar-refractivity contribution in [3.05, 3.63) is 33.8 Å². The summed E-state index contributed by atoms with van der Waals surface area (Å²) < 4.78 is 1.00. The number of carbonyl (C=O) groups is 1. The van der Waals surface area contributed by atoms with Gasteiger partial charge in [0.15, 0.2) is 0 Å². The van der Waals surface area contributed by atoms with Gasteiger partial charge in [-0.05, 0) is 30.7 Å². The normalized spacial score (nSPS) is 16.3. The first-order chi connectivity index (χ1) is 7.08. The van der Waals surface area contributed by atoms with Crippen molar-refractivity contribution < 1.29 is 9.90 Å². The highest BCUT2D eigenvalue weighted by Crippen LogP contribution is 2.19. The molecule has 80 valence electrons. The molecule has 0 unspecified atom stereocenters.